The minimum absolute atomic E-state index is 0.00706. The lowest BCUT2D eigenvalue weighted by Crippen LogP contribution is -2.64. The summed E-state index contributed by atoms with van der Waals surface area (Å²) in [5.41, 5.74) is 3.68. The zero-order chi connectivity index (χ0) is 17.6. The molecule has 0 saturated heterocycles. The first-order valence-corrected chi connectivity index (χ1v) is 9.83. The summed E-state index contributed by atoms with van der Waals surface area (Å²) in [6, 6.07) is 0. The molecule has 2 N–H and O–H groups in total. The Balaban J connectivity index is 1.59. The van der Waals surface area contributed by atoms with Gasteiger partial charge >= 0.3 is 0 Å². The molecule has 1 heterocycles. The normalized spacial score (nSPS) is 51.4. The standard InChI is InChI=1S/C21H29NO3/c1-11-4-5-13-17-14(6-7-20(11,13)2)21(3)9-12-10-25-22-16(12)8-15(21)18(23)19(17)24/h10,13-15,17-19,23-24H,1,4-9H2,2-3H3/t13-,14-,15+,17?,18+,19?,20+,21+/m0/s1. The van der Waals surface area contributed by atoms with Crippen molar-refractivity contribution in [2.75, 3.05) is 0 Å². The molecule has 3 fully saturated rings. The molecule has 4 nitrogen and oxygen atoms in total. The summed E-state index contributed by atoms with van der Waals surface area (Å²) < 4.78 is 5.21. The third kappa shape index (κ3) is 1.88. The Morgan fingerprint density at radius 3 is 2.76 bits per heavy atom. The number of aliphatic hydroxyl groups excluding tert-OH is 2. The number of allylic oxidation sites excluding steroid dienone is 1. The SMILES string of the molecule is C=C1CC[C@H]2C3C(O)[C@H](O)[C@H]4Cc5nocc5C[C@]4(C)[C@H]3CC[C@]12C. The molecule has 4 aliphatic rings. The third-order valence-electron chi connectivity index (χ3n) is 8.85. The van der Waals surface area contributed by atoms with E-state index < -0.39 is 12.2 Å². The molecular formula is C21H29NO3. The molecule has 136 valence electrons. The van der Waals surface area contributed by atoms with Crippen molar-refractivity contribution in [3.05, 3.63) is 29.7 Å². The van der Waals surface area contributed by atoms with Gasteiger partial charge in [-0.25, -0.2) is 0 Å². The van der Waals surface area contributed by atoms with Crippen LogP contribution in [0.2, 0.25) is 0 Å². The average Bonchev–Trinajstić information content (AvgIpc) is 3.15. The van der Waals surface area contributed by atoms with Crippen molar-refractivity contribution in [1.29, 1.82) is 0 Å². The molecule has 0 amide bonds. The predicted octanol–water partition coefficient (Wildman–Crippen LogP) is 3.13. The topological polar surface area (TPSA) is 66.5 Å². The molecule has 2 unspecified atom stereocenters. The van der Waals surface area contributed by atoms with E-state index in [1.165, 1.54) is 17.6 Å². The van der Waals surface area contributed by atoms with Gasteiger partial charge in [-0.15, -0.1) is 0 Å². The Hall–Kier alpha value is -1.13. The molecule has 25 heavy (non-hydrogen) atoms. The van der Waals surface area contributed by atoms with Gasteiger partial charge in [0.15, 0.2) is 0 Å². The van der Waals surface area contributed by atoms with E-state index in [0.29, 0.717) is 11.8 Å². The average molecular weight is 343 g/mol. The first-order valence-electron chi connectivity index (χ1n) is 9.83. The van der Waals surface area contributed by atoms with Gasteiger partial charge in [-0.3, -0.25) is 0 Å². The summed E-state index contributed by atoms with van der Waals surface area (Å²) in [4.78, 5) is 0. The highest BCUT2D eigenvalue weighted by atomic mass is 16.5. The van der Waals surface area contributed by atoms with Crippen LogP contribution >= 0.6 is 0 Å². The lowest BCUT2D eigenvalue weighted by Gasteiger charge is -2.62. The van der Waals surface area contributed by atoms with E-state index in [1.807, 2.05) is 0 Å². The highest BCUT2D eigenvalue weighted by Gasteiger charge is 2.64. The zero-order valence-corrected chi connectivity index (χ0v) is 15.2. The van der Waals surface area contributed by atoms with Gasteiger partial charge in [-0.1, -0.05) is 31.2 Å². The summed E-state index contributed by atoms with van der Waals surface area (Å²) in [5.74, 6) is 1.14. The number of aromatic nitrogens is 1. The summed E-state index contributed by atoms with van der Waals surface area (Å²) in [7, 11) is 0. The smallest absolute Gasteiger partial charge is 0.127 e. The molecule has 8 atom stereocenters. The fourth-order valence-corrected chi connectivity index (χ4v) is 7.31. The van der Waals surface area contributed by atoms with Crippen LogP contribution in [-0.2, 0) is 12.8 Å². The van der Waals surface area contributed by atoms with Crippen LogP contribution in [-0.4, -0.2) is 27.6 Å². The fraction of sp³-hybridized carbons (Fsp3) is 0.762. The van der Waals surface area contributed by atoms with E-state index in [-0.39, 0.29) is 22.7 Å². The molecule has 0 radical (unpaired) electrons. The van der Waals surface area contributed by atoms with Crippen molar-refractivity contribution in [1.82, 2.24) is 5.16 Å². The van der Waals surface area contributed by atoms with Crippen LogP contribution in [0.25, 0.3) is 0 Å². The number of hydrogen-bond donors (Lipinski definition) is 2. The first-order chi connectivity index (χ1) is 11.9. The van der Waals surface area contributed by atoms with Crippen molar-refractivity contribution in [2.45, 2.75) is 64.6 Å². The lowest BCUT2D eigenvalue weighted by atomic mass is 9.44. The van der Waals surface area contributed by atoms with E-state index in [4.69, 9.17) is 4.52 Å². The number of hydrogen-bond acceptors (Lipinski definition) is 4. The van der Waals surface area contributed by atoms with E-state index in [1.54, 1.807) is 6.26 Å². The highest BCUT2D eigenvalue weighted by molar-refractivity contribution is 5.28. The Morgan fingerprint density at radius 1 is 1.16 bits per heavy atom. The largest absolute Gasteiger partial charge is 0.390 e. The number of rotatable bonds is 0. The molecule has 0 spiro atoms. The van der Waals surface area contributed by atoms with Gasteiger partial charge in [-0.05, 0) is 73.0 Å². The maximum absolute atomic E-state index is 11.1. The van der Waals surface area contributed by atoms with Crippen LogP contribution in [0.15, 0.2) is 22.9 Å². The quantitative estimate of drug-likeness (QED) is 0.710. The molecule has 0 aliphatic heterocycles. The summed E-state index contributed by atoms with van der Waals surface area (Å²) in [6.07, 6.45) is 6.58. The number of nitrogens with zero attached hydrogens (tertiary/aromatic N) is 1. The Bertz CT molecular complexity index is 726. The van der Waals surface area contributed by atoms with Gasteiger partial charge in [-0.2, -0.15) is 0 Å². The lowest BCUT2D eigenvalue weighted by molar-refractivity contribution is -0.201. The molecule has 4 aliphatic carbocycles. The first kappa shape index (κ1) is 16.1. The molecule has 5 rings (SSSR count). The van der Waals surface area contributed by atoms with Crippen molar-refractivity contribution in [3.63, 3.8) is 0 Å². The van der Waals surface area contributed by atoms with Crippen molar-refractivity contribution in [3.8, 4) is 0 Å². The predicted molar refractivity (Wildman–Crippen MR) is 93.7 cm³/mol. The van der Waals surface area contributed by atoms with Crippen molar-refractivity contribution >= 4 is 0 Å². The van der Waals surface area contributed by atoms with E-state index in [2.05, 4.69) is 25.6 Å². The zero-order valence-electron chi connectivity index (χ0n) is 15.2. The Labute approximate surface area is 149 Å². The number of fused-ring (bicyclic) bond motifs is 6. The van der Waals surface area contributed by atoms with Crippen LogP contribution in [0.3, 0.4) is 0 Å². The Kier molecular flexibility index (Phi) is 3.20. The van der Waals surface area contributed by atoms with Crippen LogP contribution < -0.4 is 0 Å². The minimum Gasteiger partial charge on any atom is -0.390 e. The molecular weight excluding hydrogens is 314 g/mol. The second-order valence-electron chi connectivity index (χ2n) is 9.65. The van der Waals surface area contributed by atoms with Gasteiger partial charge < -0.3 is 14.7 Å². The maximum Gasteiger partial charge on any atom is 0.127 e. The van der Waals surface area contributed by atoms with Crippen LogP contribution in [0.1, 0.15) is 50.8 Å². The maximum atomic E-state index is 11.1. The van der Waals surface area contributed by atoms with Crippen LogP contribution in [0, 0.1) is 34.5 Å². The summed E-state index contributed by atoms with van der Waals surface area (Å²) in [5, 5.41) is 26.4. The highest BCUT2D eigenvalue weighted by Crippen LogP contribution is 2.66. The minimum atomic E-state index is -0.674. The van der Waals surface area contributed by atoms with E-state index in [9.17, 15) is 10.2 Å². The van der Waals surface area contributed by atoms with Gasteiger partial charge in [0.25, 0.3) is 0 Å². The van der Waals surface area contributed by atoms with E-state index in [0.717, 1.165) is 37.8 Å². The van der Waals surface area contributed by atoms with Crippen LogP contribution in [0.4, 0.5) is 0 Å². The van der Waals surface area contributed by atoms with Crippen molar-refractivity contribution in [2.24, 2.45) is 34.5 Å². The van der Waals surface area contributed by atoms with Crippen LogP contribution in [0.5, 0.6) is 0 Å². The molecule has 3 saturated carbocycles. The van der Waals surface area contributed by atoms with Gasteiger partial charge in [0, 0.05) is 5.56 Å². The molecule has 1 aromatic heterocycles. The summed E-state index contributed by atoms with van der Waals surface area (Å²) in [6.45, 7) is 9.03. The second-order valence-corrected chi connectivity index (χ2v) is 9.65. The molecule has 4 heteroatoms. The summed E-state index contributed by atoms with van der Waals surface area (Å²) >= 11 is 0. The van der Waals surface area contributed by atoms with Gasteiger partial charge in [0.1, 0.15) is 6.26 Å². The fourth-order valence-electron chi connectivity index (χ4n) is 7.31. The third-order valence-corrected chi connectivity index (χ3v) is 8.85. The second kappa shape index (κ2) is 4.98. The van der Waals surface area contributed by atoms with Gasteiger partial charge in [0.05, 0.1) is 17.9 Å². The molecule has 0 bridgehead atoms. The monoisotopic (exact) mass is 343 g/mol. The number of aliphatic hydroxyl groups is 2. The Morgan fingerprint density at radius 2 is 1.96 bits per heavy atom. The van der Waals surface area contributed by atoms with Crippen molar-refractivity contribution < 1.29 is 14.7 Å². The molecule has 1 aromatic rings. The van der Waals surface area contributed by atoms with E-state index >= 15 is 0 Å². The molecule has 0 aromatic carbocycles. The van der Waals surface area contributed by atoms with Gasteiger partial charge in [0.2, 0.25) is 0 Å².